The first kappa shape index (κ1) is 16.8. The van der Waals surface area contributed by atoms with Crippen LogP contribution in [0.2, 0.25) is 0 Å². The van der Waals surface area contributed by atoms with E-state index in [0.717, 1.165) is 24.6 Å². The predicted octanol–water partition coefficient (Wildman–Crippen LogP) is 4.44. The molecule has 0 aromatic heterocycles. The van der Waals surface area contributed by atoms with Gasteiger partial charge in [0.2, 0.25) is 0 Å². The molecule has 2 aromatic rings. The number of aryl methyl sites for hydroxylation is 1. The monoisotopic (exact) mass is 282 g/mol. The Morgan fingerprint density at radius 2 is 1.52 bits per heavy atom. The van der Waals surface area contributed by atoms with Crippen molar-refractivity contribution in [1.29, 1.82) is 0 Å². The first-order valence-corrected chi connectivity index (χ1v) is 7.20. The van der Waals surface area contributed by atoms with Crippen LogP contribution in [0, 0.1) is 0 Å². The van der Waals surface area contributed by atoms with Crippen LogP contribution in [0.4, 0.5) is 0 Å². The third-order valence-corrected chi connectivity index (χ3v) is 3.13. The normalized spacial score (nSPS) is 9.67. The highest BCUT2D eigenvalue weighted by atomic mass is 16.1. The van der Waals surface area contributed by atoms with Crippen LogP contribution in [0.1, 0.15) is 47.7 Å². The SMILES string of the molecule is CC(C)c1ccc(C=O)cc1.O=CCCc1ccccc1. The van der Waals surface area contributed by atoms with Crippen LogP contribution < -0.4 is 0 Å². The molecule has 2 heteroatoms. The number of hydrogen-bond donors (Lipinski definition) is 0. The molecule has 0 N–H and O–H groups in total. The number of rotatable bonds is 5. The first-order valence-electron chi connectivity index (χ1n) is 7.20. The number of aldehydes is 2. The molecule has 2 aromatic carbocycles. The standard InChI is InChI=1S/C10H12O.C9H10O/c1-8(2)10-5-3-9(7-11)4-6-10;10-8-4-7-9-5-2-1-3-6-9/h3-8H,1-2H3;1-3,5-6,8H,4,7H2. The minimum absolute atomic E-state index is 0.538. The molecule has 0 radical (unpaired) electrons. The summed E-state index contributed by atoms with van der Waals surface area (Å²) in [5, 5.41) is 0. The maximum atomic E-state index is 10.3. The molecule has 2 nitrogen and oxygen atoms in total. The van der Waals surface area contributed by atoms with E-state index in [1.807, 2.05) is 54.6 Å². The van der Waals surface area contributed by atoms with Crippen molar-refractivity contribution in [3.63, 3.8) is 0 Å². The molecular formula is C19H22O2. The molecular weight excluding hydrogens is 260 g/mol. The molecule has 0 atom stereocenters. The molecule has 0 aliphatic rings. The highest BCUT2D eigenvalue weighted by molar-refractivity contribution is 5.74. The molecule has 0 spiro atoms. The van der Waals surface area contributed by atoms with Crippen molar-refractivity contribution in [3.05, 3.63) is 71.3 Å². The minimum atomic E-state index is 0.538. The number of carbonyl (C=O) groups is 2. The average molecular weight is 282 g/mol. The van der Waals surface area contributed by atoms with Crippen LogP contribution >= 0.6 is 0 Å². The Labute approximate surface area is 126 Å². The van der Waals surface area contributed by atoms with Gasteiger partial charge in [-0.1, -0.05) is 68.4 Å². The average Bonchev–Trinajstić information content (AvgIpc) is 2.54. The number of carbonyl (C=O) groups excluding carboxylic acids is 2. The molecule has 0 saturated carbocycles. The van der Waals surface area contributed by atoms with E-state index in [1.165, 1.54) is 11.1 Å². The molecule has 0 amide bonds. The maximum absolute atomic E-state index is 10.3. The van der Waals surface area contributed by atoms with Crippen LogP contribution in [-0.2, 0) is 11.2 Å². The van der Waals surface area contributed by atoms with E-state index in [2.05, 4.69) is 13.8 Å². The van der Waals surface area contributed by atoms with Gasteiger partial charge in [0.1, 0.15) is 12.6 Å². The van der Waals surface area contributed by atoms with Gasteiger partial charge < -0.3 is 4.79 Å². The molecule has 0 aliphatic carbocycles. The number of benzene rings is 2. The quantitative estimate of drug-likeness (QED) is 0.760. The van der Waals surface area contributed by atoms with E-state index >= 15 is 0 Å². The van der Waals surface area contributed by atoms with Crippen LogP contribution in [0.15, 0.2) is 54.6 Å². The molecule has 0 bridgehead atoms. The Kier molecular flexibility index (Phi) is 7.73. The molecule has 0 fully saturated rings. The van der Waals surface area contributed by atoms with Gasteiger partial charge in [-0.15, -0.1) is 0 Å². The van der Waals surface area contributed by atoms with Gasteiger partial charge in [0.25, 0.3) is 0 Å². The summed E-state index contributed by atoms with van der Waals surface area (Å²) in [6, 6.07) is 17.7. The second-order valence-electron chi connectivity index (χ2n) is 5.13. The Balaban J connectivity index is 0.000000211. The fraction of sp³-hybridized carbons (Fsp3) is 0.263. The summed E-state index contributed by atoms with van der Waals surface area (Å²) in [6.07, 6.45) is 3.31. The zero-order valence-corrected chi connectivity index (χ0v) is 12.7. The fourth-order valence-electron chi connectivity index (χ4n) is 1.83. The molecule has 0 heterocycles. The van der Waals surface area contributed by atoms with E-state index in [1.54, 1.807) is 0 Å². The lowest BCUT2D eigenvalue weighted by atomic mass is 10.0. The molecule has 0 unspecified atom stereocenters. The van der Waals surface area contributed by atoms with Crippen molar-refractivity contribution in [2.45, 2.75) is 32.6 Å². The zero-order valence-electron chi connectivity index (χ0n) is 12.7. The van der Waals surface area contributed by atoms with Gasteiger partial charge in [-0.25, -0.2) is 0 Å². The van der Waals surface area contributed by atoms with E-state index in [9.17, 15) is 9.59 Å². The lowest BCUT2D eigenvalue weighted by molar-refractivity contribution is -0.107. The van der Waals surface area contributed by atoms with E-state index in [-0.39, 0.29) is 0 Å². The highest BCUT2D eigenvalue weighted by Crippen LogP contribution is 2.13. The van der Waals surface area contributed by atoms with Crippen LogP contribution in [0.5, 0.6) is 0 Å². The van der Waals surface area contributed by atoms with Crippen LogP contribution in [0.3, 0.4) is 0 Å². The topological polar surface area (TPSA) is 34.1 Å². The van der Waals surface area contributed by atoms with Crippen molar-refractivity contribution in [1.82, 2.24) is 0 Å². The lowest BCUT2D eigenvalue weighted by Crippen LogP contribution is -1.87. The van der Waals surface area contributed by atoms with Gasteiger partial charge in [-0.05, 0) is 23.5 Å². The summed E-state index contributed by atoms with van der Waals surface area (Å²) in [4.78, 5) is 20.3. The predicted molar refractivity (Wildman–Crippen MR) is 86.7 cm³/mol. The smallest absolute Gasteiger partial charge is 0.150 e. The fourth-order valence-corrected chi connectivity index (χ4v) is 1.83. The second kappa shape index (κ2) is 9.65. The third-order valence-electron chi connectivity index (χ3n) is 3.13. The van der Waals surface area contributed by atoms with Crippen molar-refractivity contribution in [2.75, 3.05) is 0 Å². The van der Waals surface area contributed by atoms with Crippen molar-refractivity contribution >= 4 is 12.6 Å². The van der Waals surface area contributed by atoms with E-state index in [0.29, 0.717) is 12.3 Å². The van der Waals surface area contributed by atoms with Crippen LogP contribution in [0.25, 0.3) is 0 Å². The Morgan fingerprint density at radius 1 is 0.905 bits per heavy atom. The van der Waals surface area contributed by atoms with Gasteiger partial charge in [-0.3, -0.25) is 4.79 Å². The molecule has 0 aliphatic heterocycles. The Morgan fingerprint density at radius 3 is 2.00 bits per heavy atom. The van der Waals surface area contributed by atoms with Crippen LogP contribution in [-0.4, -0.2) is 12.6 Å². The molecule has 2 rings (SSSR count). The Hall–Kier alpha value is -2.22. The zero-order chi connectivity index (χ0) is 15.5. The summed E-state index contributed by atoms with van der Waals surface area (Å²) in [7, 11) is 0. The highest BCUT2D eigenvalue weighted by Gasteiger charge is 1.96. The van der Waals surface area contributed by atoms with E-state index < -0.39 is 0 Å². The molecule has 0 saturated heterocycles. The summed E-state index contributed by atoms with van der Waals surface area (Å²) in [5.74, 6) is 0.538. The van der Waals surface area contributed by atoms with Gasteiger partial charge in [0.05, 0.1) is 0 Å². The Bertz CT molecular complexity index is 527. The van der Waals surface area contributed by atoms with Gasteiger partial charge in [0, 0.05) is 12.0 Å². The largest absolute Gasteiger partial charge is 0.303 e. The second-order valence-corrected chi connectivity index (χ2v) is 5.13. The minimum Gasteiger partial charge on any atom is -0.303 e. The number of hydrogen-bond acceptors (Lipinski definition) is 2. The van der Waals surface area contributed by atoms with Crippen molar-refractivity contribution in [2.24, 2.45) is 0 Å². The first-order chi connectivity index (χ1) is 10.2. The van der Waals surface area contributed by atoms with Gasteiger partial charge in [0.15, 0.2) is 0 Å². The van der Waals surface area contributed by atoms with Crippen molar-refractivity contribution in [3.8, 4) is 0 Å². The van der Waals surface area contributed by atoms with Crippen molar-refractivity contribution < 1.29 is 9.59 Å². The van der Waals surface area contributed by atoms with Gasteiger partial charge >= 0.3 is 0 Å². The van der Waals surface area contributed by atoms with E-state index in [4.69, 9.17) is 0 Å². The summed E-state index contributed by atoms with van der Waals surface area (Å²) >= 11 is 0. The summed E-state index contributed by atoms with van der Waals surface area (Å²) in [5.41, 5.74) is 3.25. The molecule has 110 valence electrons. The van der Waals surface area contributed by atoms with Gasteiger partial charge in [-0.2, -0.15) is 0 Å². The third kappa shape index (κ3) is 6.66. The molecule has 21 heavy (non-hydrogen) atoms. The summed E-state index contributed by atoms with van der Waals surface area (Å²) in [6.45, 7) is 4.27. The summed E-state index contributed by atoms with van der Waals surface area (Å²) < 4.78 is 0. The maximum Gasteiger partial charge on any atom is 0.150 e. The lowest BCUT2D eigenvalue weighted by Gasteiger charge is -2.03.